The second-order valence-electron chi connectivity index (χ2n) is 5.96. The molecule has 1 aliphatic rings. The van der Waals surface area contributed by atoms with Crippen LogP contribution in [0, 0.1) is 0 Å². The Labute approximate surface area is 131 Å². The molecule has 0 aliphatic carbocycles. The monoisotopic (exact) mass is 311 g/mol. The van der Waals surface area contributed by atoms with Crippen LogP contribution in [-0.2, 0) is 4.79 Å². The number of benzene rings is 1. The fraction of sp³-hybridized carbons (Fsp3) is 0.562. The Hall–Kier alpha value is -1.26. The largest absolute Gasteiger partial charge is 0.478 e. The Bertz CT molecular complexity index is 480. The van der Waals surface area contributed by atoms with Gasteiger partial charge >= 0.3 is 0 Å². The number of nitrogens with zero attached hydrogens (tertiary/aromatic N) is 1. The van der Waals surface area contributed by atoms with Crippen LogP contribution in [-0.4, -0.2) is 49.1 Å². The minimum atomic E-state index is -0.864. The van der Waals surface area contributed by atoms with Crippen LogP contribution in [0.25, 0.3) is 0 Å². The SMILES string of the molecule is CC[NH+]1CCN(C(=O)C(C)(C)Oc2ccc(Cl)cc2)CC1. The van der Waals surface area contributed by atoms with Crippen LogP contribution in [0.15, 0.2) is 24.3 Å². The molecule has 1 aromatic rings. The van der Waals surface area contributed by atoms with Crippen molar-refractivity contribution in [3.63, 3.8) is 0 Å². The maximum Gasteiger partial charge on any atom is 0.266 e. The van der Waals surface area contributed by atoms with Gasteiger partial charge in [0.1, 0.15) is 5.75 Å². The van der Waals surface area contributed by atoms with Gasteiger partial charge in [0, 0.05) is 5.02 Å². The fourth-order valence-corrected chi connectivity index (χ4v) is 2.73. The maximum atomic E-state index is 12.7. The van der Waals surface area contributed by atoms with Gasteiger partial charge in [-0.05, 0) is 45.0 Å². The molecule has 1 fully saturated rings. The number of quaternary nitrogens is 1. The number of hydrogen-bond donors (Lipinski definition) is 1. The molecule has 1 heterocycles. The summed E-state index contributed by atoms with van der Waals surface area (Å²) in [5, 5.41) is 0.658. The second-order valence-corrected chi connectivity index (χ2v) is 6.40. The Kier molecular flexibility index (Phi) is 5.12. The van der Waals surface area contributed by atoms with Crippen LogP contribution in [0.2, 0.25) is 5.02 Å². The van der Waals surface area contributed by atoms with E-state index in [2.05, 4.69) is 6.92 Å². The summed E-state index contributed by atoms with van der Waals surface area (Å²) >= 11 is 5.86. The lowest BCUT2D eigenvalue weighted by Gasteiger charge is -2.36. The zero-order chi connectivity index (χ0) is 15.5. The lowest BCUT2D eigenvalue weighted by molar-refractivity contribution is -0.902. The van der Waals surface area contributed by atoms with Gasteiger partial charge < -0.3 is 14.5 Å². The number of carbonyl (C=O) groups excluding carboxylic acids is 1. The van der Waals surface area contributed by atoms with Crippen molar-refractivity contribution >= 4 is 17.5 Å². The van der Waals surface area contributed by atoms with E-state index in [4.69, 9.17) is 16.3 Å². The van der Waals surface area contributed by atoms with E-state index in [1.54, 1.807) is 29.2 Å². The minimum Gasteiger partial charge on any atom is -0.478 e. The molecule has 21 heavy (non-hydrogen) atoms. The van der Waals surface area contributed by atoms with E-state index < -0.39 is 5.60 Å². The number of carbonyl (C=O) groups is 1. The van der Waals surface area contributed by atoms with Gasteiger partial charge in [-0.1, -0.05) is 11.6 Å². The average molecular weight is 312 g/mol. The van der Waals surface area contributed by atoms with Crippen LogP contribution in [0.5, 0.6) is 5.75 Å². The van der Waals surface area contributed by atoms with E-state index in [-0.39, 0.29) is 5.91 Å². The van der Waals surface area contributed by atoms with Crippen molar-refractivity contribution in [1.82, 2.24) is 4.90 Å². The van der Waals surface area contributed by atoms with Crippen molar-refractivity contribution in [2.45, 2.75) is 26.4 Å². The van der Waals surface area contributed by atoms with Crippen LogP contribution in [0.1, 0.15) is 20.8 Å². The predicted octanol–water partition coefficient (Wildman–Crippen LogP) is 1.24. The Morgan fingerprint density at radius 3 is 2.38 bits per heavy atom. The van der Waals surface area contributed by atoms with Gasteiger partial charge in [-0.3, -0.25) is 4.79 Å². The van der Waals surface area contributed by atoms with Gasteiger partial charge in [0.15, 0.2) is 5.60 Å². The third-order valence-corrected chi connectivity index (χ3v) is 4.21. The topological polar surface area (TPSA) is 34.0 Å². The Morgan fingerprint density at radius 2 is 1.86 bits per heavy atom. The van der Waals surface area contributed by atoms with Crippen LogP contribution < -0.4 is 9.64 Å². The number of piperazine rings is 1. The van der Waals surface area contributed by atoms with Gasteiger partial charge in [-0.15, -0.1) is 0 Å². The van der Waals surface area contributed by atoms with Crippen molar-refractivity contribution < 1.29 is 14.4 Å². The molecule has 4 nitrogen and oxygen atoms in total. The molecule has 2 rings (SSSR count). The van der Waals surface area contributed by atoms with E-state index in [0.717, 1.165) is 32.7 Å². The van der Waals surface area contributed by atoms with Crippen LogP contribution in [0.3, 0.4) is 0 Å². The van der Waals surface area contributed by atoms with Crippen LogP contribution >= 0.6 is 11.6 Å². The molecule has 1 amide bonds. The zero-order valence-corrected chi connectivity index (χ0v) is 13.7. The summed E-state index contributed by atoms with van der Waals surface area (Å²) in [5.41, 5.74) is -0.864. The number of hydrogen-bond acceptors (Lipinski definition) is 2. The molecule has 0 atom stereocenters. The highest BCUT2D eigenvalue weighted by atomic mass is 35.5. The summed E-state index contributed by atoms with van der Waals surface area (Å²) in [5.74, 6) is 0.711. The number of ether oxygens (including phenoxy) is 1. The Morgan fingerprint density at radius 1 is 1.29 bits per heavy atom. The third kappa shape index (κ3) is 4.11. The summed E-state index contributed by atoms with van der Waals surface area (Å²) in [7, 11) is 0. The van der Waals surface area contributed by atoms with Crippen LogP contribution in [0.4, 0.5) is 0 Å². The zero-order valence-electron chi connectivity index (χ0n) is 13.0. The maximum absolute atomic E-state index is 12.7. The molecule has 116 valence electrons. The van der Waals surface area contributed by atoms with Gasteiger partial charge in [-0.25, -0.2) is 0 Å². The summed E-state index contributed by atoms with van der Waals surface area (Å²) < 4.78 is 5.87. The molecule has 1 aromatic carbocycles. The van der Waals surface area contributed by atoms with E-state index in [1.807, 2.05) is 18.7 Å². The van der Waals surface area contributed by atoms with Gasteiger partial charge in [0.05, 0.1) is 32.7 Å². The molecule has 0 bridgehead atoms. The summed E-state index contributed by atoms with van der Waals surface area (Å²) in [6.07, 6.45) is 0. The minimum absolute atomic E-state index is 0.0487. The summed E-state index contributed by atoms with van der Waals surface area (Å²) in [4.78, 5) is 16.1. The van der Waals surface area contributed by atoms with Crippen molar-refractivity contribution in [2.75, 3.05) is 32.7 Å². The average Bonchev–Trinajstić information content (AvgIpc) is 2.49. The van der Waals surface area contributed by atoms with Crippen molar-refractivity contribution in [1.29, 1.82) is 0 Å². The molecular weight excluding hydrogens is 288 g/mol. The molecule has 0 spiro atoms. The number of halogens is 1. The molecule has 0 aromatic heterocycles. The highest BCUT2D eigenvalue weighted by Gasteiger charge is 2.36. The standard InChI is InChI=1S/C16H23ClN2O2/c1-4-18-9-11-19(12-10-18)15(20)16(2,3)21-14-7-5-13(17)6-8-14/h5-8H,4,9-12H2,1-3H3/p+1. The fourth-order valence-electron chi connectivity index (χ4n) is 2.60. The summed E-state index contributed by atoms with van der Waals surface area (Å²) in [6, 6.07) is 7.11. The number of amides is 1. The van der Waals surface area contributed by atoms with Gasteiger partial charge in [0.25, 0.3) is 5.91 Å². The first-order valence-electron chi connectivity index (χ1n) is 7.50. The molecule has 1 saturated heterocycles. The molecule has 5 heteroatoms. The van der Waals surface area contributed by atoms with Crippen molar-refractivity contribution in [2.24, 2.45) is 0 Å². The van der Waals surface area contributed by atoms with Crippen molar-refractivity contribution in [3.8, 4) is 5.75 Å². The van der Waals surface area contributed by atoms with Crippen molar-refractivity contribution in [3.05, 3.63) is 29.3 Å². The molecule has 1 aliphatic heterocycles. The van der Waals surface area contributed by atoms with E-state index in [0.29, 0.717) is 10.8 Å². The quantitative estimate of drug-likeness (QED) is 0.908. The number of nitrogens with one attached hydrogen (secondary N) is 1. The highest BCUT2D eigenvalue weighted by Crippen LogP contribution is 2.22. The number of rotatable bonds is 4. The van der Waals surface area contributed by atoms with E-state index in [9.17, 15) is 4.79 Å². The smallest absolute Gasteiger partial charge is 0.266 e. The summed E-state index contributed by atoms with van der Waals surface area (Å²) in [6.45, 7) is 10.6. The first-order chi connectivity index (χ1) is 9.92. The normalized spacial score (nSPS) is 16.9. The molecule has 0 saturated carbocycles. The van der Waals surface area contributed by atoms with E-state index in [1.165, 1.54) is 0 Å². The number of likely N-dealkylation sites (N-methyl/N-ethyl adjacent to an activating group) is 1. The van der Waals surface area contributed by atoms with Gasteiger partial charge in [0.2, 0.25) is 0 Å². The first-order valence-corrected chi connectivity index (χ1v) is 7.87. The highest BCUT2D eigenvalue weighted by molar-refractivity contribution is 6.30. The lowest BCUT2D eigenvalue weighted by atomic mass is 10.1. The molecule has 1 N–H and O–H groups in total. The second kappa shape index (κ2) is 6.67. The molecule has 0 unspecified atom stereocenters. The Balaban J connectivity index is 1.98. The molecule has 0 radical (unpaired) electrons. The first kappa shape index (κ1) is 16.1. The molecular formula is C16H24ClN2O2+. The predicted molar refractivity (Wildman–Crippen MR) is 84.0 cm³/mol. The van der Waals surface area contributed by atoms with Gasteiger partial charge in [-0.2, -0.15) is 0 Å². The lowest BCUT2D eigenvalue weighted by Crippen LogP contribution is -3.14. The van der Waals surface area contributed by atoms with E-state index >= 15 is 0 Å². The third-order valence-electron chi connectivity index (χ3n) is 3.96.